The number of aliphatic carboxylic acids is 1. The van der Waals surface area contributed by atoms with E-state index in [0.29, 0.717) is 12.8 Å². The van der Waals surface area contributed by atoms with Crippen molar-refractivity contribution in [1.29, 1.82) is 0 Å². The van der Waals surface area contributed by atoms with Gasteiger partial charge in [-0.3, -0.25) is 4.79 Å². The molecule has 2 unspecified atom stereocenters. The van der Waals surface area contributed by atoms with Gasteiger partial charge in [-0.2, -0.15) is 0 Å². The summed E-state index contributed by atoms with van der Waals surface area (Å²) in [6, 6.07) is 2.85. The maximum atomic E-state index is 12.9. The Hall–Kier alpha value is -1.65. The fourth-order valence-electron chi connectivity index (χ4n) is 1.82. The van der Waals surface area contributed by atoms with Crippen LogP contribution >= 0.6 is 0 Å². The van der Waals surface area contributed by atoms with Crippen LogP contribution in [0.25, 0.3) is 0 Å². The average Bonchev–Trinajstić information content (AvgIpc) is 2.09. The molecule has 2 N–H and O–H groups in total. The maximum absolute atomic E-state index is 12.9. The number of anilines is 1. The Balaban J connectivity index is 2.07. The predicted octanol–water partition coefficient (Wildman–Crippen LogP) is 2.24. The van der Waals surface area contributed by atoms with Crippen LogP contribution in [0.4, 0.5) is 14.5 Å². The minimum atomic E-state index is -0.874. The van der Waals surface area contributed by atoms with Crippen LogP contribution in [0.2, 0.25) is 0 Å². The summed E-state index contributed by atoms with van der Waals surface area (Å²) in [5.41, 5.74) is 0.286. The highest BCUT2D eigenvalue weighted by molar-refractivity contribution is 5.73. The molecule has 3 nitrogen and oxygen atoms in total. The molecule has 0 radical (unpaired) electrons. The molecule has 86 valence electrons. The maximum Gasteiger partial charge on any atom is 0.308 e. The lowest BCUT2D eigenvalue weighted by Gasteiger charge is -2.34. The summed E-state index contributed by atoms with van der Waals surface area (Å²) >= 11 is 0. The van der Waals surface area contributed by atoms with Crippen LogP contribution in [0.15, 0.2) is 18.2 Å². The van der Waals surface area contributed by atoms with Gasteiger partial charge in [0, 0.05) is 17.8 Å². The summed E-state index contributed by atoms with van der Waals surface area (Å²) in [6.07, 6.45) is 1.31. The molecule has 5 heteroatoms. The van der Waals surface area contributed by atoms with E-state index in [1.165, 1.54) is 0 Å². The molecule has 1 aromatic rings. The normalized spacial score (nSPS) is 23.6. The number of carboxylic acids is 1. The van der Waals surface area contributed by atoms with Gasteiger partial charge in [-0.25, -0.2) is 8.78 Å². The first kappa shape index (κ1) is 10.9. The third-order valence-corrected chi connectivity index (χ3v) is 2.81. The Labute approximate surface area is 91.1 Å². The van der Waals surface area contributed by atoms with E-state index in [9.17, 15) is 13.6 Å². The van der Waals surface area contributed by atoms with Gasteiger partial charge in [0.05, 0.1) is 5.92 Å². The molecular weight excluding hydrogens is 216 g/mol. The first-order valence-electron chi connectivity index (χ1n) is 5.01. The number of benzene rings is 1. The highest BCUT2D eigenvalue weighted by Crippen LogP contribution is 2.30. The second kappa shape index (κ2) is 4.08. The molecule has 0 bridgehead atoms. The predicted molar refractivity (Wildman–Crippen MR) is 54.1 cm³/mol. The van der Waals surface area contributed by atoms with Crippen molar-refractivity contribution in [2.45, 2.75) is 18.9 Å². The Bertz CT molecular complexity index is 402. The zero-order valence-corrected chi connectivity index (χ0v) is 8.41. The van der Waals surface area contributed by atoms with Gasteiger partial charge in [-0.05, 0) is 25.0 Å². The third kappa shape index (κ3) is 2.13. The molecule has 0 amide bonds. The topological polar surface area (TPSA) is 49.3 Å². The number of carbonyl (C=O) groups is 1. The quantitative estimate of drug-likeness (QED) is 0.832. The van der Waals surface area contributed by atoms with Crippen LogP contribution in [0, 0.1) is 17.6 Å². The number of hydrogen-bond donors (Lipinski definition) is 2. The summed E-state index contributed by atoms with van der Waals surface area (Å²) in [6.45, 7) is 0. The van der Waals surface area contributed by atoms with E-state index in [-0.39, 0.29) is 11.7 Å². The van der Waals surface area contributed by atoms with Gasteiger partial charge in [-0.1, -0.05) is 0 Å². The molecule has 16 heavy (non-hydrogen) atoms. The summed E-state index contributed by atoms with van der Waals surface area (Å²) in [4.78, 5) is 10.7. The van der Waals surface area contributed by atoms with Gasteiger partial charge in [0.15, 0.2) is 0 Å². The summed E-state index contributed by atoms with van der Waals surface area (Å²) in [5.74, 6) is -2.69. The average molecular weight is 227 g/mol. The second-order valence-corrected chi connectivity index (χ2v) is 3.93. The minimum Gasteiger partial charge on any atom is -0.481 e. The van der Waals surface area contributed by atoms with E-state index in [2.05, 4.69) is 5.32 Å². The van der Waals surface area contributed by atoms with Crippen LogP contribution < -0.4 is 5.32 Å². The van der Waals surface area contributed by atoms with Crippen molar-refractivity contribution in [2.24, 2.45) is 5.92 Å². The van der Waals surface area contributed by atoms with Crippen molar-refractivity contribution < 1.29 is 18.7 Å². The summed E-state index contributed by atoms with van der Waals surface area (Å²) in [5, 5.41) is 11.6. The molecule has 0 aromatic heterocycles. The van der Waals surface area contributed by atoms with Crippen molar-refractivity contribution >= 4 is 11.7 Å². The molecule has 2 atom stereocenters. The first-order valence-corrected chi connectivity index (χ1v) is 5.01. The molecule has 0 saturated heterocycles. The van der Waals surface area contributed by atoms with Gasteiger partial charge < -0.3 is 10.4 Å². The Morgan fingerprint density at radius 3 is 2.31 bits per heavy atom. The number of rotatable bonds is 3. The minimum absolute atomic E-state index is 0.237. The van der Waals surface area contributed by atoms with Crippen molar-refractivity contribution in [3.05, 3.63) is 29.8 Å². The van der Waals surface area contributed by atoms with Crippen LogP contribution in [0.5, 0.6) is 0 Å². The lowest BCUT2D eigenvalue weighted by molar-refractivity contribution is -0.144. The van der Waals surface area contributed by atoms with E-state index in [1.807, 2.05) is 0 Å². The zero-order chi connectivity index (χ0) is 11.7. The lowest BCUT2D eigenvalue weighted by Crippen LogP contribution is -2.43. The molecule has 1 fully saturated rings. The van der Waals surface area contributed by atoms with Gasteiger partial charge in [0.1, 0.15) is 11.6 Å². The monoisotopic (exact) mass is 227 g/mol. The van der Waals surface area contributed by atoms with Gasteiger partial charge in [-0.15, -0.1) is 0 Å². The Morgan fingerprint density at radius 2 is 1.88 bits per heavy atom. The number of nitrogens with one attached hydrogen (secondary N) is 1. The van der Waals surface area contributed by atoms with Crippen LogP contribution in [-0.2, 0) is 4.79 Å². The Morgan fingerprint density at radius 1 is 1.25 bits per heavy atom. The standard InChI is InChI=1S/C11H11F2NO2/c12-6-3-7(13)5-8(4-6)14-10-2-1-9(10)11(15)16/h3-5,9-10,14H,1-2H2,(H,15,16). The SMILES string of the molecule is O=C(O)C1CCC1Nc1cc(F)cc(F)c1. The third-order valence-electron chi connectivity index (χ3n) is 2.81. The van der Waals surface area contributed by atoms with Gasteiger partial charge >= 0.3 is 5.97 Å². The van der Waals surface area contributed by atoms with Crippen LogP contribution in [0.3, 0.4) is 0 Å². The van der Waals surface area contributed by atoms with Gasteiger partial charge in [0.25, 0.3) is 0 Å². The van der Waals surface area contributed by atoms with Crippen LogP contribution in [0.1, 0.15) is 12.8 Å². The number of halogens is 2. The zero-order valence-electron chi connectivity index (χ0n) is 8.41. The smallest absolute Gasteiger partial charge is 0.308 e. The van der Waals surface area contributed by atoms with E-state index in [0.717, 1.165) is 18.2 Å². The molecule has 1 aromatic carbocycles. The van der Waals surface area contributed by atoms with Crippen LogP contribution in [-0.4, -0.2) is 17.1 Å². The lowest BCUT2D eigenvalue weighted by atomic mass is 9.79. The molecule has 0 spiro atoms. The van der Waals surface area contributed by atoms with E-state index < -0.39 is 23.5 Å². The van der Waals surface area contributed by atoms with E-state index >= 15 is 0 Å². The fraction of sp³-hybridized carbons (Fsp3) is 0.364. The molecule has 1 aliphatic carbocycles. The highest BCUT2D eigenvalue weighted by Gasteiger charge is 2.36. The first-order chi connectivity index (χ1) is 7.56. The summed E-state index contributed by atoms with van der Waals surface area (Å²) < 4.78 is 25.7. The molecule has 0 heterocycles. The van der Waals surface area contributed by atoms with E-state index in [1.54, 1.807) is 0 Å². The van der Waals surface area contributed by atoms with Gasteiger partial charge in [0.2, 0.25) is 0 Å². The summed E-state index contributed by atoms with van der Waals surface area (Å²) in [7, 11) is 0. The highest BCUT2D eigenvalue weighted by atomic mass is 19.1. The number of carboxylic acid groups (broad SMARTS) is 1. The Kier molecular flexibility index (Phi) is 2.77. The second-order valence-electron chi connectivity index (χ2n) is 3.93. The molecule has 2 rings (SSSR count). The van der Waals surface area contributed by atoms with Crippen molar-refractivity contribution in [2.75, 3.05) is 5.32 Å². The van der Waals surface area contributed by atoms with Crippen molar-refractivity contribution in [3.63, 3.8) is 0 Å². The molecule has 0 aliphatic heterocycles. The number of hydrogen-bond acceptors (Lipinski definition) is 2. The van der Waals surface area contributed by atoms with Crippen molar-refractivity contribution in [3.8, 4) is 0 Å². The molecular formula is C11H11F2NO2. The van der Waals surface area contributed by atoms with Crippen molar-refractivity contribution in [1.82, 2.24) is 0 Å². The molecule has 1 saturated carbocycles. The largest absolute Gasteiger partial charge is 0.481 e. The van der Waals surface area contributed by atoms with E-state index in [4.69, 9.17) is 5.11 Å². The molecule has 1 aliphatic rings. The fourth-order valence-corrected chi connectivity index (χ4v) is 1.82.